The number of carboxylic acid groups (broad SMARTS) is 1. The molecule has 1 aromatic rings. The number of aliphatic carboxylic acids is 1. The predicted octanol–water partition coefficient (Wildman–Crippen LogP) is 0.335. The van der Waals surface area contributed by atoms with Crippen LogP contribution in [0, 0.1) is 5.41 Å². The summed E-state index contributed by atoms with van der Waals surface area (Å²) in [6, 6.07) is 6.89. The second-order valence-corrected chi connectivity index (χ2v) is 7.87. The summed E-state index contributed by atoms with van der Waals surface area (Å²) in [6.45, 7) is -0.132. The lowest BCUT2D eigenvalue weighted by molar-refractivity contribution is -0.160. The molecule has 128 valence electrons. The van der Waals surface area contributed by atoms with Gasteiger partial charge in [-0.3, -0.25) is 4.79 Å². The molecular formula is C15H21NO6S. The molecule has 1 aromatic carbocycles. The number of aliphatic hydroxyl groups is 1. The largest absolute Gasteiger partial charge is 0.497 e. The van der Waals surface area contributed by atoms with Crippen LogP contribution >= 0.6 is 0 Å². The van der Waals surface area contributed by atoms with Crippen LogP contribution in [0.1, 0.15) is 12.0 Å². The maximum atomic E-state index is 11.9. The van der Waals surface area contributed by atoms with E-state index in [9.17, 15) is 23.4 Å². The molecule has 0 saturated carbocycles. The van der Waals surface area contributed by atoms with Gasteiger partial charge in [0.1, 0.15) is 11.2 Å². The van der Waals surface area contributed by atoms with E-state index in [1.807, 2.05) is 0 Å². The Morgan fingerprint density at radius 2 is 2.17 bits per heavy atom. The zero-order valence-electron chi connectivity index (χ0n) is 13.1. The number of carbonyl (C=O) groups is 1. The van der Waals surface area contributed by atoms with Gasteiger partial charge in [-0.05, 0) is 30.5 Å². The number of sulfonamides is 1. The molecule has 2 atom stereocenters. The third-order valence-corrected chi connectivity index (χ3v) is 5.55. The molecule has 2 N–H and O–H groups in total. The van der Waals surface area contributed by atoms with Crippen LogP contribution in [-0.2, 0) is 21.2 Å². The van der Waals surface area contributed by atoms with Gasteiger partial charge in [0.05, 0.1) is 19.5 Å². The summed E-state index contributed by atoms with van der Waals surface area (Å²) in [7, 11) is -2.02. The Labute approximate surface area is 135 Å². The van der Waals surface area contributed by atoms with Gasteiger partial charge in [-0.25, -0.2) is 12.7 Å². The first-order chi connectivity index (χ1) is 10.7. The number of benzene rings is 1. The van der Waals surface area contributed by atoms with Crippen LogP contribution in [0.2, 0.25) is 0 Å². The molecular weight excluding hydrogens is 322 g/mol. The van der Waals surface area contributed by atoms with E-state index >= 15 is 0 Å². The first kappa shape index (κ1) is 17.7. The highest BCUT2D eigenvalue weighted by molar-refractivity contribution is 7.88. The topological polar surface area (TPSA) is 104 Å². The minimum atomic E-state index is -3.52. The molecule has 0 amide bonds. The summed E-state index contributed by atoms with van der Waals surface area (Å²) in [5.74, 6) is -0.630. The molecule has 0 aliphatic carbocycles. The van der Waals surface area contributed by atoms with Gasteiger partial charge in [-0.1, -0.05) is 12.1 Å². The minimum absolute atomic E-state index is 0.0206. The van der Waals surface area contributed by atoms with Crippen LogP contribution in [0.4, 0.5) is 0 Å². The van der Waals surface area contributed by atoms with Crippen LogP contribution in [0.25, 0.3) is 0 Å². The average Bonchev–Trinajstić information content (AvgIpc) is 2.48. The van der Waals surface area contributed by atoms with E-state index in [0.29, 0.717) is 11.3 Å². The van der Waals surface area contributed by atoms with E-state index in [1.165, 1.54) is 7.11 Å². The maximum absolute atomic E-state index is 11.9. The van der Waals surface area contributed by atoms with Gasteiger partial charge >= 0.3 is 5.97 Å². The Balaban J connectivity index is 2.38. The van der Waals surface area contributed by atoms with Gasteiger partial charge in [0.2, 0.25) is 10.0 Å². The standard InChI is InChI=1S/C15H21NO6S/c1-22-12-5-3-4-11(8-12)9-15(14(18)19)10-16(23(2,20)21)7-6-13(15)17/h3-5,8,13,17H,6-7,9-10H2,1-2H3,(H,18,19)/t13-,15-/m1/s1. The molecule has 1 aliphatic heterocycles. The normalized spacial score (nSPS) is 26.0. The highest BCUT2D eigenvalue weighted by Crippen LogP contribution is 2.36. The van der Waals surface area contributed by atoms with Gasteiger partial charge in [0.25, 0.3) is 0 Å². The first-order valence-electron chi connectivity index (χ1n) is 7.18. The second kappa shape index (κ2) is 6.46. The molecule has 1 saturated heterocycles. The molecule has 0 aromatic heterocycles. The Morgan fingerprint density at radius 3 is 2.74 bits per heavy atom. The SMILES string of the molecule is COc1cccc(C[C@@]2(C(=O)O)CN(S(C)(=O)=O)CC[C@H]2O)c1. The number of ether oxygens (including phenoxy) is 1. The smallest absolute Gasteiger partial charge is 0.313 e. The van der Waals surface area contributed by atoms with Crippen LogP contribution < -0.4 is 4.74 Å². The van der Waals surface area contributed by atoms with Gasteiger partial charge in [0, 0.05) is 13.1 Å². The molecule has 7 nitrogen and oxygen atoms in total. The second-order valence-electron chi connectivity index (χ2n) is 5.89. The summed E-state index contributed by atoms with van der Waals surface area (Å²) < 4.78 is 29.8. The summed E-state index contributed by atoms with van der Waals surface area (Å²) in [4.78, 5) is 11.9. The Morgan fingerprint density at radius 1 is 1.48 bits per heavy atom. The predicted molar refractivity (Wildman–Crippen MR) is 83.8 cm³/mol. The van der Waals surface area contributed by atoms with E-state index < -0.39 is 27.5 Å². The highest BCUT2D eigenvalue weighted by atomic mass is 32.2. The van der Waals surface area contributed by atoms with Gasteiger partial charge in [0.15, 0.2) is 0 Å². The Hall–Kier alpha value is -1.64. The van der Waals surface area contributed by atoms with Crippen molar-refractivity contribution in [3.05, 3.63) is 29.8 Å². The summed E-state index contributed by atoms with van der Waals surface area (Å²) in [5.41, 5.74) is -0.908. The van der Waals surface area contributed by atoms with Crippen molar-refractivity contribution in [3.63, 3.8) is 0 Å². The van der Waals surface area contributed by atoms with Crippen molar-refractivity contribution < 1.29 is 28.2 Å². The molecule has 8 heteroatoms. The fourth-order valence-corrected chi connectivity index (χ4v) is 3.83. The first-order valence-corrected chi connectivity index (χ1v) is 9.03. The van der Waals surface area contributed by atoms with E-state index in [2.05, 4.69) is 0 Å². The Kier molecular flexibility index (Phi) is 4.98. The van der Waals surface area contributed by atoms with Crippen molar-refractivity contribution in [2.24, 2.45) is 5.41 Å². The van der Waals surface area contributed by atoms with Crippen molar-refractivity contribution >= 4 is 16.0 Å². The monoisotopic (exact) mass is 343 g/mol. The van der Waals surface area contributed by atoms with Crippen LogP contribution in [-0.4, -0.2) is 61.5 Å². The number of nitrogens with zero attached hydrogens (tertiary/aromatic N) is 1. The number of hydrogen-bond donors (Lipinski definition) is 2. The highest BCUT2D eigenvalue weighted by Gasteiger charge is 2.50. The molecule has 2 rings (SSSR count). The van der Waals surface area contributed by atoms with E-state index in [1.54, 1.807) is 24.3 Å². The van der Waals surface area contributed by atoms with Gasteiger partial charge < -0.3 is 14.9 Å². The zero-order valence-corrected chi connectivity index (χ0v) is 13.9. The number of methoxy groups -OCH3 is 1. The molecule has 0 unspecified atom stereocenters. The molecule has 23 heavy (non-hydrogen) atoms. The lowest BCUT2D eigenvalue weighted by atomic mass is 9.73. The fraction of sp³-hybridized carbons (Fsp3) is 0.533. The van der Waals surface area contributed by atoms with Crippen molar-refractivity contribution in [3.8, 4) is 5.75 Å². The average molecular weight is 343 g/mol. The van der Waals surface area contributed by atoms with E-state index in [4.69, 9.17) is 4.74 Å². The van der Waals surface area contributed by atoms with Crippen molar-refractivity contribution in [1.29, 1.82) is 0 Å². The lowest BCUT2D eigenvalue weighted by Gasteiger charge is -2.42. The van der Waals surface area contributed by atoms with Crippen LogP contribution in [0.3, 0.4) is 0 Å². The molecule has 0 bridgehead atoms. The number of aliphatic hydroxyl groups excluding tert-OH is 1. The maximum Gasteiger partial charge on any atom is 0.313 e. The van der Waals surface area contributed by atoms with Crippen molar-refractivity contribution in [2.45, 2.75) is 18.9 Å². The molecule has 0 radical (unpaired) electrons. The quantitative estimate of drug-likeness (QED) is 0.799. The molecule has 0 spiro atoms. The lowest BCUT2D eigenvalue weighted by Crippen LogP contribution is -2.58. The van der Waals surface area contributed by atoms with Crippen molar-refractivity contribution in [1.82, 2.24) is 4.31 Å². The third-order valence-electron chi connectivity index (χ3n) is 4.30. The number of hydrogen-bond acceptors (Lipinski definition) is 5. The zero-order chi connectivity index (χ0) is 17.3. The van der Waals surface area contributed by atoms with Crippen LogP contribution in [0.5, 0.6) is 5.75 Å². The molecule has 1 heterocycles. The van der Waals surface area contributed by atoms with Gasteiger partial charge in [-0.2, -0.15) is 0 Å². The number of rotatable bonds is 5. The summed E-state index contributed by atoms with van der Waals surface area (Å²) >= 11 is 0. The molecule has 1 aliphatic rings. The number of piperidine rings is 1. The van der Waals surface area contributed by atoms with E-state index in [-0.39, 0.29) is 25.9 Å². The Bertz CT molecular complexity index is 689. The fourth-order valence-electron chi connectivity index (χ4n) is 2.93. The summed E-state index contributed by atoms with van der Waals surface area (Å²) in [6.07, 6.45) is 0.0306. The third kappa shape index (κ3) is 3.65. The number of carboxylic acids is 1. The van der Waals surface area contributed by atoms with Crippen LogP contribution in [0.15, 0.2) is 24.3 Å². The summed E-state index contributed by atoms with van der Waals surface area (Å²) in [5, 5.41) is 20.0. The van der Waals surface area contributed by atoms with Gasteiger partial charge in [-0.15, -0.1) is 0 Å². The van der Waals surface area contributed by atoms with Crippen molar-refractivity contribution in [2.75, 3.05) is 26.5 Å². The molecule has 1 fully saturated rings. The minimum Gasteiger partial charge on any atom is -0.497 e. The van der Waals surface area contributed by atoms with E-state index in [0.717, 1.165) is 10.6 Å².